The maximum Gasteiger partial charge on any atom is 0.259 e. The van der Waals surface area contributed by atoms with Gasteiger partial charge in [-0.2, -0.15) is 0 Å². The molecule has 1 aliphatic heterocycles. The number of carbonyl (C=O) groups excluding carboxylic acids is 1. The van der Waals surface area contributed by atoms with Crippen molar-refractivity contribution >= 4 is 27.5 Å². The summed E-state index contributed by atoms with van der Waals surface area (Å²) in [5.74, 6) is 1.39. The first kappa shape index (κ1) is 18.8. The smallest absolute Gasteiger partial charge is 0.259 e. The second-order valence-electron chi connectivity index (χ2n) is 7.36. The first-order valence-electron chi connectivity index (χ1n) is 10.1. The summed E-state index contributed by atoms with van der Waals surface area (Å²) < 4.78 is 7.10. The second kappa shape index (κ2) is 8.24. The van der Waals surface area contributed by atoms with E-state index in [1.54, 1.807) is 29.7 Å². The number of aromatic nitrogens is 2. The molecule has 0 bridgehead atoms. The van der Waals surface area contributed by atoms with Crippen LogP contribution < -0.4 is 4.74 Å². The summed E-state index contributed by atoms with van der Waals surface area (Å²) in [6.45, 7) is 1.41. The number of ether oxygens (including phenoxy) is 1. The Morgan fingerprint density at radius 2 is 1.73 bits per heavy atom. The van der Waals surface area contributed by atoms with E-state index in [2.05, 4.69) is 23.2 Å². The molecule has 4 aromatic rings. The molecule has 0 N–H and O–H groups in total. The summed E-state index contributed by atoms with van der Waals surface area (Å²) in [7, 11) is 0. The number of fused-ring (bicyclic) bond motifs is 1. The van der Waals surface area contributed by atoms with Gasteiger partial charge in [0.2, 0.25) is 5.88 Å². The molecule has 1 aliphatic rings. The number of rotatable bonds is 4. The third-order valence-corrected chi connectivity index (χ3v) is 6.60. The summed E-state index contributed by atoms with van der Waals surface area (Å²) in [4.78, 5) is 24.2. The Kier molecular flexibility index (Phi) is 5.15. The van der Waals surface area contributed by atoms with E-state index in [1.165, 1.54) is 9.71 Å². The van der Waals surface area contributed by atoms with E-state index in [4.69, 9.17) is 9.72 Å². The number of hydrogen-bond donors (Lipinski definition) is 0. The molecule has 1 saturated heterocycles. The van der Waals surface area contributed by atoms with E-state index in [0.717, 1.165) is 18.4 Å². The number of hydrogen-bond acceptors (Lipinski definition) is 5. The zero-order chi connectivity index (χ0) is 20.3. The molecule has 2 aromatic carbocycles. The van der Waals surface area contributed by atoms with E-state index < -0.39 is 0 Å². The first-order valence-corrected chi connectivity index (χ1v) is 10.9. The van der Waals surface area contributed by atoms with Crippen LogP contribution in [0, 0.1) is 0 Å². The molecule has 6 heteroatoms. The van der Waals surface area contributed by atoms with Crippen molar-refractivity contribution in [3.8, 4) is 11.6 Å². The van der Waals surface area contributed by atoms with Crippen molar-refractivity contribution in [1.29, 1.82) is 0 Å². The largest absolute Gasteiger partial charge is 0.438 e. The van der Waals surface area contributed by atoms with Gasteiger partial charge in [0.25, 0.3) is 5.91 Å². The maximum absolute atomic E-state index is 13.2. The average molecular weight is 416 g/mol. The Balaban J connectivity index is 1.29. The van der Waals surface area contributed by atoms with E-state index >= 15 is 0 Å². The summed E-state index contributed by atoms with van der Waals surface area (Å²) >= 11 is 1.77. The van der Waals surface area contributed by atoms with E-state index in [1.807, 2.05) is 41.3 Å². The Morgan fingerprint density at radius 3 is 2.53 bits per heavy atom. The third-order valence-electron chi connectivity index (χ3n) is 5.40. The quantitative estimate of drug-likeness (QED) is 0.441. The number of thiazole rings is 1. The number of likely N-dealkylation sites (tertiary alicyclic amines) is 1. The predicted octanol–water partition coefficient (Wildman–Crippen LogP) is 5.50. The number of amides is 1. The highest BCUT2D eigenvalue weighted by molar-refractivity contribution is 7.18. The molecule has 0 unspecified atom stereocenters. The van der Waals surface area contributed by atoms with Crippen LogP contribution in [0.2, 0.25) is 0 Å². The molecule has 3 heterocycles. The molecule has 1 amide bonds. The molecular formula is C24H21N3O2S. The summed E-state index contributed by atoms with van der Waals surface area (Å²) in [5, 5.41) is 1.18. The van der Waals surface area contributed by atoms with Gasteiger partial charge in [0.15, 0.2) is 0 Å². The van der Waals surface area contributed by atoms with Crippen LogP contribution in [-0.2, 0) is 0 Å². The fraction of sp³-hybridized carbons (Fsp3) is 0.208. The molecule has 30 heavy (non-hydrogen) atoms. The zero-order valence-electron chi connectivity index (χ0n) is 16.4. The minimum atomic E-state index is -0.0308. The third kappa shape index (κ3) is 3.78. The predicted molar refractivity (Wildman–Crippen MR) is 118 cm³/mol. The highest BCUT2D eigenvalue weighted by Crippen LogP contribution is 2.34. The molecule has 0 aliphatic carbocycles. The van der Waals surface area contributed by atoms with Crippen LogP contribution >= 0.6 is 11.3 Å². The van der Waals surface area contributed by atoms with E-state index in [-0.39, 0.29) is 5.91 Å². The number of nitrogens with zero attached hydrogens (tertiary/aromatic N) is 3. The van der Waals surface area contributed by atoms with Crippen molar-refractivity contribution in [2.24, 2.45) is 0 Å². The van der Waals surface area contributed by atoms with Crippen LogP contribution in [0.1, 0.15) is 34.1 Å². The zero-order valence-corrected chi connectivity index (χ0v) is 17.2. The Hall–Kier alpha value is -3.25. The Labute approximate surface area is 179 Å². The van der Waals surface area contributed by atoms with Crippen molar-refractivity contribution in [1.82, 2.24) is 14.9 Å². The fourth-order valence-corrected chi connectivity index (χ4v) is 4.94. The molecule has 5 rings (SSSR count). The summed E-state index contributed by atoms with van der Waals surface area (Å²) in [6, 6.07) is 21.2. The maximum atomic E-state index is 13.2. The lowest BCUT2D eigenvalue weighted by molar-refractivity contribution is 0.0709. The topological polar surface area (TPSA) is 55.3 Å². The van der Waals surface area contributed by atoms with Crippen molar-refractivity contribution < 1.29 is 9.53 Å². The van der Waals surface area contributed by atoms with Gasteiger partial charge < -0.3 is 9.64 Å². The van der Waals surface area contributed by atoms with Crippen molar-refractivity contribution in [2.45, 2.75) is 18.8 Å². The molecule has 2 aromatic heterocycles. The molecule has 150 valence electrons. The molecule has 0 atom stereocenters. The van der Waals surface area contributed by atoms with E-state index in [9.17, 15) is 4.79 Å². The van der Waals surface area contributed by atoms with Gasteiger partial charge in [-0.3, -0.25) is 4.79 Å². The molecule has 0 radical (unpaired) electrons. The van der Waals surface area contributed by atoms with Gasteiger partial charge in [-0.05, 0) is 49.2 Å². The normalized spacial score (nSPS) is 14.7. The van der Waals surface area contributed by atoms with Gasteiger partial charge in [0.1, 0.15) is 11.3 Å². The second-order valence-corrected chi connectivity index (χ2v) is 8.42. The molecule has 5 nitrogen and oxygen atoms in total. The lowest BCUT2D eigenvalue weighted by Crippen LogP contribution is -2.38. The molecule has 0 spiro atoms. The lowest BCUT2D eigenvalue weighted by Gasteiger charge is -2.31. The van der Waals surface area contributed by atoms with Crippen LogP contribution in [0.4, 0.5) is 0 Å². The number of piperidine rings is 1. The summed E-state index contributed by atoms with van der Waals surface area (Å²) in [6.07, 6.45) is 3.48. The minimum Gasteiger partial charge on any atom is -0.438 e. The minimum absolute atomic E-state index is 0.0308. The number of carbonyl (C=O) groups is 1. The molecule has 0 saturated carbocycles. The standard InChI is InChI=1S/C24H21N3O2S/c28-24(19-9-6-14-25-22(19)29-18-7-2-1-3-8-18)27-15-12-17(13-16-27)23-26-20-10-4-5-11-21(20)30-23/h1-11,14,17H,12-13,15-16H2. The van der Waals surface area contributed by atoms with Crippen LogP contribution in [0.5, 0.6) is 11.6 Å². The van der Waals surface area contributed by atoms with Crippen LogP contribution in [-0.4, -0.2) is 33.9 Å². The molecular weight excluding hydrogens is 394 g/mol. The van der Waals surface area contributed by atoms with Crippen LogP contribution in [0.15, 0.2) is 72.9 Å². The first-order chi connectivity index (χ1) is 14.8. The fourth-order valence-electron chi connectivity index (χ4n) is 3.80. The van der Waals surface area contributed by atoms with Gasteiger partial charge in [-0.25, -0.2) is 9.97 Å². The van der Waals surface area contributed by atoms with Gasteiger partial charge in [0.05, 0.1) is 15.2 Å². The van der Waals surface area contributed by atoms with Crippen LogP contribution in [0.25, 0.3) is 10.2 Å². The van der Waals surface area contributed by atoms with Gasteiger partial charge in [-0.15, -0.1) is 11.3 Å². The number of para-hydroxylation sites is 2. The van der Waals surface area contributed by atoms with Crippen molar-refractivity contribution in [3.63, 3.8) is 0 Å². The van der Waals surface area contributed by atoms with Gasteiger partial charge in [0, 0.05) is 25.2 Å². The van der Waals surface area contributed by atoms with Gasteiger partial charge in [-0.1, -0.05) is 30.3 Å². The number of benzene rings is 2. The van der Waals surface area contributed by atoms with Gasteiger partial charge >= 0.3 is 0 Å². The molecule has 1 fully saturated rings. The van der Waals surface area contributed by atoms with Crippen molar-refractivity contribution in [3.05, 3.63) is 83.5 Å². The Morgan fingerprint density at radius 1 is 0.967 bits per heavy atom. The highest BCUT2D eigenvalue weighted by Gasteiger charge is 2.28. The van der Waals surface area contributed by atoms with Crippen molar-refractivity contribution in [2.75, 3.05) is 13.1 Å². The average Bonchev–Trinajstić information content (AvgIpc) is 3.24. The highest BCUT2D eigenvalue weighted by atomic mass is 32.1. The monoisotopic (exact) mass is 415 g/mol. The SMILES string of the molecule is O=C(c1cccnc1Oc1ccccc1)N1CCC(c2nc3ccccc3s2)CC1. The lowest BCUT2D eigenvalue weighted by atomic mass is 9.97. The Bertz CT molecular complexity index is 1130. The van der Waals surface area contributed by atoms with E-state index in [0.29, 0.717) is 36.2 Å². The summed E-state index contributed by atoms with van der Waals surface area (Å²) in [5.41, 5.74) is 1.56. The number of pyridine rings is 1. The van der Waals surface area contributed by atoms with Crippen LogP contribution in [0.3, 0.4) is 0 Å².